The molecule has 0 saturated carbocycles. The van der Waals surface area contributed by atoms with E-state index < -0.39 is 17.4 Å². The maximum atomic E-state index is 13.4. The lowest BCUT2D eigenvalue weighted by molar-refractivity contribution is 0.0687. The lowest BCUT2D eigenvalue weighted by Gasteiger charge is -2.16. The molecule has 2 aromatic carbocycles. The molecule has 4 rings (SSSR count). The van der Waals surface area contributed by atoms with E-state index in [9.17, 15) is 19.8 Å². The van der Waals surface area contributed by atoms with Gasteiger partial charge >= 0.3 is 5.97 Å². The first-order valence-corrected chi connectivity index (χ1v) is 9.07. The van der Waals surface area contributed by atoms with Gasteiger partial charge in [0.25, 0.3) is 5.56 Å². The van der Waals surface area contributed by atoms with Gasteiger partial charge in [-0.1, -0.05) is 60.7 Å². The van der Waals surface area contributed by atoms with Crippen molar-refractivity contribution >= 4 is 16.9 Å². The first-order chi connectivity index (χ1) is 14.0. The van der Waals surface area contributed by atoms with Crippen LogP contribution in [0.3, 0.4) is 0 Å². The molecule has 0 aliphatic rings. The smallest absolute Gasteiger partial charge is 0.358 e. The van der Waals surface area contributed by atoms with Crippen LogP contribution >= 0.6 is 0 Å². The lowest BCUT2D eigenvalue weighted by atomic mass is 10.0. The van der Waals surface area contributed by atoms with Crippen molar-refractivity contribution in [3.05, 3.63) is 94.0 Å². The molecule has 2 aromatic heterocycles. The number of rotatable bonds is 4. The summed E-state index contributed by atoms with van der Waals surface area (Å²) in [6.07, 6.45) is 0. The predicted molar refractivity (Wildman–Crippen MR) is 110 cm³/mol. The molecular weight excluding hydrogens is 368 g/mol. The fourth-order valence-corrected chi connectivity index (χ4v) is 3.53. The molecular formula is C23H18N2O4. The van der Waals surface area contributed by atoms with E-state index in [1.54, 1.807) is 29.7 Å². The maximum absolute atomic E-state index is 13.4. The second-order valence-electron chi connectivity index (χ2n) is 6.76. The van der Waals surface area contributed by atoms with Crippen LogP contribution in [-0.2, 0) is 6.54 Å². The fourth-order valence-electron chi connectivity index (χ4n) is 3.53. The quantitative estimate of drug-likeness (QED) is 0.556. The summed E-state index contributed by atoms with van der Waals surface area (Å²) < 4.78 is 1.54. The van der Waals surface area contributed by atoms with Gasteiger partial charge in [0, 0.05) is 10.9 Å². The van der Waals surface area contributed by atoms with Crippen molar-refractivity contribution in [1.29, 1.82) is 0 Å². The van der Waals surface area contributed by atoms with Gasteiger partial charge in [0.2, 0.25) is 0 Å². The lowest BCUT2D eigenvalue weighted by Crippen LogP contribution is -2.24. The number of hydrogen-bond donors (Lipinski definition) is 2. The summed E-state index contributed by atoms with van der Waals surface area (Å²) >= 11 is 0. The molecule has 0 spiro atoms. The average Bonchev–Trinajstić information content (AvgIpc) is 2.73. The van der Waals surface area contributed by atoms with E-state index >= 15 is 0 Å². The van der Waals surface area contributed by atoms with Gasteiger partial charge < -0.3 is 14.8 Å². The summed E-state index contributed by atoms with van der Waals surface area (Å²) in [5, 5.41) is 20.3. The Labute approximate surface area is 166 Å². The van der Waals surface area contributed by atoms with Crippen LogP contribution in [-0.4, -0.2) is 25.7 Å². The molecule has 2 N–H and O–H groups in total. The molecule has 4 aromatic rings. The normalized spacial score (nSPS) is 10.9. The summed E-state index contributed by atoms with van der Waals surface area (Å²) in [6.45, 7) is 1.91. The Morgan fingerprint density at radius 2 is 1.66 bits per heavy atom. The topological polar surface area (TPSA) is 92.4 Å². The summed E-state index contributed by atoms with van der Waals surface area (Å²) in [7, 11) is 0. The third kappa shape index (κ3) is 3.25. The van der Waals surface area contributed by atoms with E-state index in [1.165, 1.54) is 0 Å². The number of carboxylic acid groups (broad SMARTS) is 1. The Morgan fingerprint density at radius 1 is 1.03 bits per heavy atom. The molecule has 6 nitrogen and oxygen atoms in total. The van der Waals surface area contributed by atoms with Gasteiger partial charge in [-0.2, -0.15) is 0 Å². The number of fused-ring (bicyclic) bond motifs is 1. The molecule has 0 atom stereocenters. The number of carbonyl (C=O) groups is 1. The van der Waals surface area contributed by atoms with Gasteiger partial charge in [0.05, 0.1) is 17.8 Å². The van der Waals surface area contributed by atoms with Gasteiger partial charge in [0.15, 0.2) is 11.4 Å². The second kappa shape index (κ2) is 7.24. The van der Waals surface area contributed by atoms with Crippen molar-refractivity contribution in [3.63, 3.8) is 0 Å². The number of carboxylic acids is 1. The van der Waals surface area contributed by atoms with Gasteiger partial charge in [-0.25, -0.2) is 9.78 Å². The van der Waals surface area contributed by atoms with Crippen LogP contribution in [0.25, 0.3) is 22.0 Å². The number of benzene rings is 2. The van der Waals surface area contributed by atoms with Crippen molar-refractivity contribution in [1.82, 2.24) is 9.55 Å². The summed E-state index contributed by atoms with van der Waals surface area (Å²) in [4.78, 5) is 29.0. The van der Waals surface area contributed by atoms with Crippen LogP contribution in [0, 0.1) is 6.92 Å². The molecule has 0 aliphatic carbocycles. The van der Waals surface area contributed by atoms with E-state index in [0.717, 1.165) is 5.56 Å². The Hall–Kier alpha value is -3.93. The van der Waals surface area contributed by atoms with Crippen molar-refractivity contribution in [2.45, 2.75) is 13.5 Å². The predicted octanol–water partition coefficient (Wildman–Crippen LogP) is 3.82. The zero-order chi connectivity index (χ0) is 20.5. The summed E-state index contributed by atoms with van der Waals surface area (Å²) in [6, 6.07) is 20.1. The minimum absolute atomic E-state index is 0.236. The van der Waals surface area contributed by atoms with Crippen molar-refractivity contribution < 1.29 is 15.0 Å². The van der Waals surface area contributed by atoms with E-state index in [4.69, 9.17) is 0 Å². The summed E-state index contributed by atoms with van der Waals surface area (Å²) in [5.74, 6) is -1.77. The molecule has 0 unspecified atom stereocenters. The molecule has 2 heterocycles. The zero-order valence-corrected chi connectivity index (χ0v) is 15.7. The second-order valence-corrected chi connectivity index (χ2v) is 6.76. The van der Waals surface area contributed by atoms with Crippen LogP contribution < -0.4 is 5.56 Å². The minimum atomic E-state index is -1.32. The van der Waals surface area contributed by atoms with Crippen LogP contribution in [0.2, 0.25) is 0 Å². The van der Waals surface area contributed by atoms with Crippen LogP contribution in [0.1, 0.15) is 21.7 Å². The number of nitrogens with zero attached hydrogens (tertiary/aromatic N) is 2. The molecule has 0 bridgehead atoms. The Bertz CT molecular complexity index is 1280. The van der Waals surface area contributed by atoms with E-state index in [1.807, 2.05) is 48.5 Å². The van der Waals surface area contributed by atoms with Gasteiger partial charge in [-0.05, 0) is 24.1 Å². The molecule has 0 amide bonds. The monoisotopic (exact) mass is 386 g/mol. The summed E-state index contributed by atoms with van der Waals surface area (Å²) in [5.41, 5.74) is 2.09. The Morgan fingerprint density at radius 3 is 2.28 bits per heavy atom. The molecule has 0 saturated heterocycles. The van der Waals surface area contributed by atoms with Crippen LogP contribution in [0.5, 0.6) is 5.75 Å². The van der Waals surface area contributed by atoms with Gasteiger partial charge in [0.1, 0.15) is 0 Å². The Kier molecular flexibility index (Phi) is 4.60. The standard InChI is InChI=1S/C23H18N2O4/c1-14-20-18(21(26)19(24-14)23(28)29)12-17(16-10-6-3-7-11-16)22(27)25(20)13-15-8-4-2-5-9-15/h2-12,26H,13H2,1H3,(H,28,29). The SMILES string of the molecule is Cc1nc(C(=O)O)c(O)c2cc(-c3ccccc3)c(=O)n(Cc3ccccc3)c12. The van der Waals surface area contributed by atoms with Crippen molar-refractivity contribution in [2.75, 3.05) is 0 Å². The first-order valence-electron chi connectivity index (χ1n) is 9.07. The molecule has 29 heavy (non-hydrogen) atoms. The highest BCUT2D eigenvalue weighted by atomic mass is 16.4. The number of pyridine rings is 2. The number of aromatic nitrogens is 2. The fraction of sp³-hybridized carbons (Fsp3) is 0.0870. The van der Waals surface area contributed by atoms with Crippen molar-refractivity contribution in [3.8, 4) is 16.9 Å². The highest BCUT2D eigenvalue weighted by Crippen LogP contribution is 2.32. The zero-order valence-electron chi connectivity index (χ0n) is 15.7. The van der Waals surface area contributed by atoms with Crippen LogP contribution in [0.4, 0.5) is 0 Å². The maximum Gasteiger partial charge on any atom is 0.358 e. The highest BCUT2D eigenvalue weighted by Gasteiger charge is 2.21. The van der Waals surface area contributed by atoms with E-state index in [0.29, 0.717) is 22.3 Å². The molecule has 6 heteroatoms. The number of aryl methyl sites for hydroxylation is 1. The largest absolute Gasteiger partial charge is 0.505 e. The van der Waals surface area contributed by atoms with E-state index in [-0.39, 0.29) is 17.5 Å². The number of aromatic hydroxyl groups is 1. The third-order valence-corrected chi connectivity index (χ3v) is 4.86. The van der Waals surface area contributed by atoms with Gasteiger partial charge in [-0.15, -0.1) is 0 Å². The highest BCUT2D eigenvalue weighted by molar-refractivity contribution is 5.99. The molecule has 0 aliphatic heterocycles. The number of aromatic carboxylic acids is 1. The Balaban J connectivity index is 2.10. The molecule has 0 radical (unpaired) electrons. The molecule has 144 valence electrons. The first kappa shape index (κ1) is 18.4. The van der Waals surface area contributed by atoms with Crippen molar-refractivity contribution in [2.24, 2.45) is 0 Å². The third-order valence-electron chi connectivity index (χ3n) is 4.86. The number of hydrogen-bond acceptors (Lipinski definition) is 4. The van der Waals surface area contributed by atoms with Crippen LogP contribution in [0.15, 0.2) is 71.5 Å². The van der Waals surface area contributed by atoms with E-state index in [2.05, 4.69) is 4.98 Å². The molecule has 0 fully saturated rings. The minimum Gasteiger partial charge on any atom is -0.505 e. The van der Waals surface area contributed by atoms with Gasteiger partial charge in [-0.3, -0.25) is 4.79 Å². The average molecular weight is 386 g/mol.